The van der Waals surface area contributed by atoms with E-state index in [-0.39, 0.29) is 5.92 Å². The van der Waals surface area contributed by atoms with Gasteiger partial charge in [-0.2, -0.15) is 10.5 Å². The van der Waals surface area contributed by atoms with E-state index in [1.54, 1.807) is 0 Å². The maximum atomic E-state index is 8.50. The molecule has 0 saturated heterocycles. The molecule has 0 bridgehead atoms. The van der Waals surface area contributed by atoms with E-state index in [4.69, 9.17) is 10.5 Å². The molecule has 0 spiro atoms. The first kappa shape index (κ1) is 9.46. The fourth-order valence-electron chi connectivity index (χ4n) is 0.644. The standard InChI is InChI=1S/C7H9BrN2/c8-4-3-7(6-10)2-1-5-9/h7H,1-4H2. The number of alkyl halides is 1. The maximum Gasteiger partial charge on any atom is 0.0656 e. The van der Waals surface area contributed by atoms with Crippen LogP contribution in [0.15, 0.2) is 0 Å². The van der Waals surface area contributed by atoms with Crippen LogP contribution in [0.1, 0.15) is 19.3 Å². The van der Waals surface area contributed by atoms with Crippen LogP contribution in [0.4, 0.5) is 0 Å². The highest BCUT2D eigenvalue weighted by Gasteiger charge is 2.04. The highest BCUT2D eigenvalue weighted by atomic mass is 79.9. The molecular formula is C7H9BrN2. The molecule has 0 aliphatic rings. The van der Waals surface area contributed by atoms with Gasteiger partial charge in [-0.25, -0.2) is 0 Å². The number of hydrogen-bond acceptors (Lipinski definition) is 2. The monoisotopic (exact) mass is 200 g/mol. The molecule has 0 amide bonds. The van der Waals surface area contributed by atoms with Crippen LogP contribution in [0.25, 0.3) is 0 Å². The number of hydrogen-bond donors (Lipinski definition) is 0. The molecule has 1 atom stereocenters. The Bertz CT molecular complexity index is 154. The lowest BCUT2D eigenvalue weighted by Gasteiger charge is -2.00. The highest BCUT2D eigenvalue weighted by molar-refractivity contribution is 9.09. The summed E-state index contributed by atoms with van der Waals surface area (Å²) in [6.07, 6.45) is 2.04. The van der Waals surface area contributed by atoms with Crippen LogP contribution in [0.5, 0.6) is 0 Å². The van der Waals surface area contributed by atoms with Crippen LogP contribution in [-0.2, 0) is 0 Å². The van der Waals surface area contributed by atoms with Crippen LogP contribution in [-0.4, -0.2) is 5.33 Å². The summed E-state index contributed by atoms with van der Waals surface area (Å²) in [6.45, 7) is 0. The fraction of sp³-hybridized carbons (Fsp3) is 0.714. The summed E-state index contributed by atoms with van der Waals surface area (Å²) in [4.78, 5) is 0. The van der Waals surface area contributed by atoms with Crippen molar-refractivity contribution >= 4 is 15.9 Å². The van der Waals surface area contributed by atoms with Crippen molar-refractivity contribution in [1.82, 2.24) is 0 Å². The van der Waals surface area contributed by atoms with Gasteiger partial charge < -0.3 is 0 Å². The van der Waals surface area contributed by atoms with E-state index in [0.717, 1.165) is 11.8 Å². The summed E-state index contributed by atoms with van der Waals surface area (Å²) in [5.74, 6) is 0.0547. The van der Waals surface area contributed by atoms with Gasteiger partial charge in [0.1, 0.15) is 0 Å². The largest absolute Gasteiger partial charge is 0.198 e. The van der Waals surface area contributed by atoms with Crippen molar-refractivity contribution in [3.63, 3.8) is 0 Å². The van der Waals surface area contributed by atoms with Crippen molar-refractivity contribution in [3.8, 4) is 12.1 Å². The Morgan fingerprint density at radius 3 is 2.40 bits per heavy atom. The fourth-order valence-corrected chi connectivity index (χ4v) is 1.20. The van der Waals surface area contributed by atoms with E-state index in [1.165, 1.54) is 0 Å². The molecule has 0 heterocycles. The van der Waals surface area contributed by atoms with Crippen molar-refractivity contribution in [1.29, 1.82) is 10.5 Å². The van der Waals surface area contributed by atoms with Gasteiger partial charge in [0.25, 0.3) is 0 Å². The maximum absolute atomic E-state index is 8.50. The van der Waals surface area contributed by atoms with Crippen molar-refractivity contribution in [2.24, 2.45) is 5.92 Å². The molecule has 0 N–H and O–H groups in total. The summed E-state index contributed by atoms with van der Waals surface area (Å²) < 4.78 is 0. The second kappa shape index (κ2) is 6.58. The minimum absolute atomic E-state index is 0.0547. The van der Waals surface area contributed by atoms with Crippen LogP contribution >= 0.6 is 15.9 Å². The molecule has 0 aromatic rings. The van der Waals surface area contributed by atoms with E-state index in [0.29, 0.717) is 12.8 Å². The normalized spacial score (nSPS) is 11.5. The third-order valence-electron chi connectivity index (χ3n) is 1.24. The van der Waals surface area contributed by atoms with Crippen LogP contribution in [0, 0.1) is 28.6 Å². The molecule has 0 rings (SSSR count). The van der Waals surface area contributed by atoms with Crippen molar-refractivity contribution in [2.75, 3.05) is 5.33 Å². The molecule has 3 heteroatoms. The van der Waals surface area contributed by atoms with Gasteiger partial charge in [-0.05, 0) is 12.8 Å². The summed E-state index contributed by atoms with van der Waals surface area (Å²) in [6, 6.07) is 4.18. The van der Waals surface area contributed by atoms with E-state index >= 15 is 0 Å². The number of halogens is 1. The first-order valence-corrected chi connectivity index (χ1v) is 4.29. The molecule has 0 radical (unpaired) electrons. The van der Waals surface area contributed by atoms with E-state index in [2.05, 4.69) is 22.0 Å². The molecule has 0 aromatic heterocycles. The van der Waals surface area contributed by atoms with Crippen LogP contribution in [0.2, 0.25) is 0 Å². The molecule has 0 fully saturated rings. The highest BCUT2D eigenvalue weighted by Crippen LogP contribution is 2.10. The minimum atomic E-state index is 0.0547. The van der Waals surface area contributed by atoms with Gasteiger partial charge in [-0.15, -0.1) is 0 Å². The van der Waals surface area contributed by atoms with E-state index in [1.807, 2.05) is 6.07 Å². The van der Waals surface area contributed by atoms with Gasteiger partial charge in [-0.1, -0.05) is 15.9 Å². The molecule has 54 valence electrons. The first-order chi connectivity index (χ1) is 4.85. The van der Waals surface area contributed by atoms with E-state index in [9.17, 15) is 0 Å². The Balaban J connectivity index is 3.45. The molecule has 0 aliphatic heterocycles. The zero-order valence-electron chi connectivity index (χ0n) is 5.68. The minimum Gasteiger partial charge on any atom is -0.198 e. The molecule has 2 nitrogen and oxygen atoms in total. The summed E-state index contributed by atoms with van der Waals surface area (Å²) >= 11 is 3.25. The molecule has 0 saturated carbocycles. The van der Waals surface area contributed by atoms with Gasteiger partial charge in [-0.3, -0.25) is 0 Å². The molecule has 0 aromatic carbocycles. The number of nitrogens with zero attached hydrogens (tertiary/aromatic N) is 2. The Labute approximate surface area is 69.6 Å². The third kappa shape index (κ3) is 4.35. The second-order valence-electron chi connectivity index (χ2n) is 2.00. The van der Waals surface area contributed by atoms with Crippen molar-refractivity contribution in [2.45, 2.75) is 19.3 Å². The zero-order valence-corrected chi connectivity index (χ0v) is 7.26. The van der Waals surface area contributed by atoms with Crippen LogP contribution in [0.3, 0.4) is 0 Å². The molecule has 1 unspecified atom stereocenters. The van der Waals surface area contributed by atoms with E-state index < -0.39 is 0 Å². The summed E-state index contributed by atoms with van der Waals surface area (Å²) in [5.41, 5.74) is 0. The lowest BCUT2D eigenvalue weighted by atomic mass is 10.0. The van der Waals surface area contributed by atoms with Crippen molar-refractivity contribution < 1.29 is 0 Å². The Kier molecular flexibility index (Phi) is 6.22. The quantitative estimate of drug-likeness (QED) is 0.654. The average Bonchev–Trinajstić information content (AvgIpc) is 1.98. The summed E-state index contributed by atoms with van der Waals surface area (Å²) in [7, 11) is 0. The lowest BCUT2D eigenvalue weighted by Crippen LogP contribution is -1.96. The number of rotatable bonds is 4. The third-order valence-corrected chi connectivity index (χ3v) is 1.70. The smallest absolute Gasteiger partial charge is 0.0656 e. The topological polar surface area (TPSA) is 47.6 Å². The Hall–Kier alpha value is -0.540. The predicted octanol–water partition coefficient (Wildman–Crippen LogP) is 2.21. The van der Waals surface area contributed by atoms with Crippen LogP contribution < -0.4 is 0 Å². The molecular weight excluding hydrogens is 192 g/mol. The Morgan fingerprint density at radius 1 is 1.30 bits per heavy atom. The molecule has 10 heavy (non-hydrogen) atoms. The first-order valence-electron chi connectivity index (χ1n) is 3.17. The van der Waals surface area contributed by atoms with Gasteiger partial charge in [0.15, 0.2) is 0 Å². The average molecular weight is 201 g/mol. The second-order valence-corrected chi connectivity index (χ2v) is 2.79. The summed E-state index contributed by atoms with van der Waals surface area (Å²) in [5, 5.41) is 17.6. The SMILES string of the molecule is N#CCCC(C#N)CCBr. The predicted molar refractivity (Wildman–Crippen MR) is 42.4 cm³/mol. The van der Waals surface area contributed by atoms with Crippen molar-refractivity contribution in [3.05, 3.63) is 0 Å². The number of nitriles is 2. The van der Waals surface area contributed by atoms with Gasteiger partial charge in [0.05, 0.1) is 12.1 Å². The molecule has 0 aliphatic carbocycles. The van der Waals surface area contributed by atoms with Gasteiger partial charge >= 0.3 is 0 Å². The lowest BCUT2D eigenvalue weighted by molar-refractivity contribution is 0.601. The Morgan fingerprint density at radius 2 is 2.00 bits per heavy atom. The van der Waals surface area contributed by atoms with Gasteiger partial charge in [0, 0.05) is 17.7 Å². The van der Waals surface area contributed by atoms with Gasteiger partial charge in [0.2, 0.25) is 0 Å². The zero-order chi connectivity index (χ0) is 7.82.